The van der Waals surface area contributed by atoms with E-state index in [-0.39, 0.29) is 12.0 Å². The van der Waals surface area contributed by atoms with Crippen molar-refractivity contribution in [1.29, 1.82) is 5.26 Å². The van der Waals surface area contributed by atoms with Crippen LogP contribution in [0, 0.1) is 17.2 Å². The molecule has 0 aromatic heterocycles. The summed E-state index contributed by atoms with van der Waals surface area (Å²) in [4.78, 5) is 8.33. The van der Waals surface area contributed by atoms with E-state index in [0.29, 0.717) is 0 Å². The molecule has 3 heteroatoms. The molecule has 2 atom stereocenters. The molecule has 1 aliphatic rings. The van der Waals surface area contributed by atoms with Crippen LogP contribution in [-0.4, -0.2) is 18.1 Å². The molecule has 0 aromatic carbocycles. The first kappa shape index (κ1) is 7.93. The standard InChI is InChI=1S/C8H11N3/c1-3-8-10-5-7(11-8)6(2)4-9/h5-7H,3H2,1-2H3. The molecule has 0 N–H and O–H groups in total. The van der Waals surface area contributed by atoms with Crippen LogP contribution < -0.4 is 0 Å². The molecule has 1 rings (SSSR count). The quantitative estimate of drug-likeness (QED) is 0.585. The lowest BCUT2D eigenvalue weighted by molar-refractivity contribution is 0.690. The fourth-order valence-electron chi connectivity index (χ4n) is 0.901. The minimum Gasteiger partial charge on any atom is -0.260 e. The second kappa shape index (κ2) is 3.29. The van der Waals surface area contributed by atoms with Crippen molar-refractivity contribution in [2.24, 2.45) is 15.9 Å². The van der Waals surface area contributed by atoms with E-state index < -0.39 is 0 Å². The normalized spacial score (nSPS) is 24.5. The largest absolute Gasteiger partial charge is 0.260 e. The van der Waals surface area contributed by atoms with Gasteiger partial charge in [0.15, 0.2) is 0 Å². The van der Waals surface area contributed by atoms with Crippen LogP contribution in [0.3, 0.4) is 0 Å². The van der Waals surface area contributed by atoms with Gasteiger partial charge in [-0.05, 0) is 6.92 Å². The predicted molar refractivity (Wildman–Crippen MR) is 44.8 cm³/mol. The summed E-state index contributed by atoms with van der Waals surface area (Å²) in [5.74, 6) is 0.805. The number of nitriles is 1. The first-order valence-corrected chi connectivity index (χ1v) is 3.78. The van der Waals surface area contributed by atoms with E-state index >= 15 is 0 Å². The van der Waals surface area contributed by atoms with Gasteiger partial charge < -0.3 is 0 Å². The van der Waals surface area contributed by atoms with Crippen LogP contribution in [0.1, 0.15) is 20.3 Å². The van der Waals surface area contributed by atoms with Crippen LogP contribution in [0.5, 0.6) is 0 Å². The van der Waals surface area contributed by atoms with Crippen molar-refractivity contribution in [2.45, 2.75) is 26.3 Å². The zero-order chi connectivity index (χ0) is 8.27. The molecular weight excluding hydrogens is 138 g/mol. The van der Waals surface area contributed by atoms with Gasteiger partial charge >= 0.3 is 0 Å². The van der Waals surface area contributed by atoms with Crippen molar-refractivity contribution in [1.82, 2.24) is 0 Å². The van der Waals surface area contributed by atoms with E-state index in [1.807, 2.05) is 13.8 Å². The summed E-state index contributed by atoms with van der Waals surface area (Å²) in [6.45, 7) is 3.87. The average molecular weight is 149 g/mol. The minimum atomic E-state index is -0.0530. The van der Waals surface area contributed by atoms with E-state index in [1.165, 1.54) is 0 Å². The molecule has 0 amide bonds. The van der Waals surface area contributed by atoms with Gasteiger partial charge in [0.25, 0.3) is 0 Å². The third kappa shape index (κ3) is 1.64. The van der Waals surface area contributed by atoms with Gasteiger partial charge in [-0.1, -0.05) is 6.92 Å². The number of hydrogen-bond acceptors (Lipinski definition) is 3. The molecule has 2 unspecified atom stereocenters. The summed E-state index contributed by atoms with van der Waals surface area (Å²) in [5, 5.41) is 8.57. The number of nitrogens with zero attached hydrogens (tertiary/aromatic N) is 3. The molecule has 3 nitrogen and oxygen atoms in total. The van der Waals surface area contributed by atoms with E-state index in [4.69, 9.17) is 5.26 Å². The summed E-state index contributed by atoms with van der Waals surface area (Å²) in [7, 11) is 0. The Balaban J connectivity index is 2.62. The van der Waals surface area contributed by atoms with Crippen molar-refractivity contribution in [3.05, 3.63) is 0 Å². The van der Waals surface area contributed by atoms with Gasteiger partial charge in [0, 0.05) is 12.6 Å². The van der Waals surface area contributed by atoms with Crippen LogP contribution in [0.2, 0.25) is 0 Å². The Morgan fingerprint density at radius 3 is 3.00 bits per heavy atom. The van der Waals surface area contributed by atoms with Gasteiger partial charge in [0.2, 0.25) is 0 Å². The second-order valence-electron chi connectivity index (χ2n) is 2.59. The fourth-order valence-corrected chi connectivity index (χ4v) is 0.901. The van der Waals surface area contributed by atoms with Crippen LogP contribution in [0.15, 0.2) is 9.98 Å². The van der Waals surface area contributed by atoms with Gasteiger partial charge in [0.1, 0.15) is 11.9 Å². The third-order valence-corrected chi connectivity index (χ3v) is 1.71. The molecule has 1 aliphatic heterocycles. The zero-order valence-electron chi connectivity index (χ0n) is 6.78. The van der Waals surface area contributed by atoms with Crippen molar-refractivity contribution in [3.8, 4) is 6.07 Å². The maximum atomic E-state index is 8.57. The van der Waals surface area contributed by atoms with E-state index in [0.717, 1.165) is 12.3 Å². The van der Waals surface area contributed by atoms with Crippen molar-refractivity contribution in [2.75, 3.05) is 0 Å². The fraction of sp³-hybridized carbons (Fsp3) is 0.625. The van der Waals surface area contributed by atoms with Crippen molar-refractivity contribution in [3.63, 3.8) is 0 Å². The summed E-state index contributed by atoms with van der Waals surface area (Å²) in [6.07, 6.45) is 2.61. The Kier molecular flexibility index (Phi) is 2.37. The number of hydrogen-bond donors (Lipinski definition) is 0. The molecule has 1 heterocycles. The average Bonchev–Trinajstić information content (AvgIpc) is 2.50. The Morgan fingerprint density at radius 2 is 2.55 bits per heavy atom. The smallest absolute Gasteiger partial charge is 0.123 e. The Bertz CT molecular complexity index is 234. The maximum absolute atomic E-state index is 8.57. The summed E-state index contributed by atoms with van der Waals surface area (Å²) in [6, 6.07) is 2.15. The Morgan fingerprint density at radius 1 is 1.82 bits per heavy atom. The van der Waals surface area contributed by atoms with Crippen LogP contribution in [0.4, 0.5) is 0 Å². The molecule has 0 aliphatic carbocycles. The lowest BCUT2D eigenvalue weighted by Crippen LogP contribution is -2.12. The van der Waals surface area contributed by atoms with Gasteiger partial charge in [-0.2, -0.15) is 5.26 Å². The number of aliphatic imine (C=N–C) groups is 2. The van der Waals surface area contributed by atoms with Crippen LogP contribution in [0.25, 0.3) is 0 Å². The molecule has 0 bridgehead atoms. The molecule has 11 heavy (non-hydrogen) atoms. The summed E-state index contributed by atoms with van der Waals surface area (Å²) < 4.78 is 0. The molecular formula is C8H11N3. The Hall–Kier alpha value is -1.17. The lowest BCUT2D eigenvalue weighted by Gasteiger charge is -2.02. The van der Waals surface area contributed by atoms with E-state index in [9.17, 15) is 0 Å². The van der Waals surface area contributed by atoms with Gasteiger partial charge in [-0.3, -0.25) is 4.99 Å². The molecule has 0 radical (unpaired) electrons. The third-order valence-electron chi connectivity index (χ3n) is 1.71. The molecule has 0 fully saturated rings. The highest BCUT2D eigenvalue weighted by molar-refractivity contribution is 5.96. The Labute approximate surface area is 66.5 Å². The van der Waals surface area contributed by atoms with Gasteiger partial charge in [-0.15, -0.1) is 0 Å². The maximum Gasteiger partial charge on any atom is 0.123 e. The lowest BCUT2D eigenvalue weighted by atomic mass is 10.1. The van der Waals surface area contributed by atoms with Crippen LogP contribution in [-0.2, 0) is 0 Å². The van der Waals surface area contributed by atoms with E-state index in [2.05, 4.69) is 16.1 Å². The molecule has 0 spiro atoms. The summed E-state index contributed by atoms with van der Waals surface area (Å²) in [5.41, 5.74) is 0. The first-order chi connectivity index (χ1) is 5.27. The topological polar surface area (TPSA) is 48.5 Å². The molecule has 0 saturated carbocycles. The highest BCUT2D eigenvalue weighted by Gasteiger charge is 2.17. The SMILES string of the molecule is CCC1=NC(C(C)C#N)C=N1. The van der Waals surface area contributed by atoms with Crippen molar-refractivity contribution >= 4 is 12.1 Å². The minimum absolute atomic E-state index is 0.00468. The second-order valence-corrected chi connectivity index (χ2v) is 2.59. The monoisotopic (exact) mass is 149 g/mol. The predicted octanol–water partition coefficient (Wildman–Crippen LogP) is 1.41. The zero-order valence-corrected chi connectivity index (χ0v) is 6.78. The van der Waals surface area contributed by atoms with Gasteiger partial charge in [0.05, 0.1) is 12.0 Å². The molecule has 0 saturated heterocycles. The highest BCUT2D eigenvalue weighted by Crippen LogP contribution is 2.10. The summed E-state index contributed by atoms with van der Waals surface area (Å²) >= 11 is 0. The van der Waals surface area contributed by atoms with Crippen LogP contribution >= 0.6 is 0 Å². The number of rotatable bonds is 2. The highest BCUT2D eigenvalue weighted by atomic mass is 15.0. The first-order valence-electron chi connectivity index (χ1n) is 3.78. The van der Waals surface area contributed by atoms with E-state index in [1.54, 1.807) is 6.21 Å². The van der Waals surface area contributed by atoms with Crippen molar-refractivity contribution < 1.29 is 0 Å². The number of amidine groups is 1. The molecule has 58 valence electrons. The molecule has 0 aromatic rings. The van der Waals surface area contributed by atoms with Gasteiger partial charge in [-0.25, -0.2) is 4.99 Å².